The number of rotatable bonds is 8. The van der Waals surface area contributed by atoms with Crippen LogP contribution in [-0.2, 0) is 4.79 Å². The first-order valence-electron chi connectivity index (χ1n) is 11.0. The summed E-state index contributed by atoms with van der Waals surface area (Å²) < 4.78 is 21.9. The fraction of sp³-hybridized carbons (Fsp3) is 0.320. The lowest BCUT2D eigenvalue weighted by Crippen LogP contribution is -2.38. The third kappa shape index (κ3) is 5.31. The first-order valence-corrected chi connectivity index (χ1v) is 11.0. The maximum atomic E-state index is 13.0. The molecule has 2 aromatic carbocycles. The molecule has 1 fully saturated rings. The molecule has 3 aromatic rings. The van der Waals surface area contributed by atoms with E-state index in [1.54, 1.807) is 58.0 Å². The molecule has 0 saturated carbocycles. The van der Waals surface area contributed by atoms with E-state index in [1.165, 1.54) is 0 Å². The van der Waals surface area contributed by atoms with E-state index >= 15 is 0 Å². The minimum Gasteiger partial charge on any atom is -0.497 e. The fourth-order valence-electron chi connectivity index (χ4n) is 3.88. The van der Waals surface area contributed by atoms with Crippen LogP contribution >= 0.6 is 0 Å². The molecule has 1 N–H and O–H groups in total. The zero-order valence-corrected chi connectivity index (χ0v) is 19.5. The summed E-state index contributed by atoms with van der Waals surface area (Å²) in [6.45, 7) is 1.31. The summed E-state index contributed by atoms with van der Waals surface area (Å²) in [5.41, 5.74) is 0.595. The van der Waals surface area contributed by atoms with E-state index in [0.29, 0.717) is 66.3 Å². The van der Waals surface area contributed by atoms with Crippen LogP contribution in [0.3, 0.4) is 0 Å². The predicted octanol–water partition coefficient (Wildman–Crippen LogP) is 4.15. The molecule has 9 heteroatoms. The molecule has 0 bridgehead atoms. The van der Waals surface area contributed by atoms with E-state index in [9.17, 15) is 4.79 Å². The third-order valence-electron chi connectivity index (χ3n) is 5.73. The van der Waals surface area contributed by atoms with Crippen molar-refractivity contribution < 1.29 is 23.7 Å². The van der Waals surface area contributed by atoms with Crippen molar-refractivity contribution in [3.8, 4) is 28.9 Å². The van der Waals surface area contributed by atoms with Crippen molar-refractivity contribution >= 4 is 17.4 Å². The molecule has 0 radical (unpaired) electrons. The largest absolute Gasteiger partial charge is 0.497 e. The maximum absolute atomic E-state index is 13.0. The Morgan fingerprint density at radius 2 is 1.62 bits per heavy atom. The highest BCUT2D eigenvalue weighted by Gasteiger charge is 2.28. The first-order chi connectivity index (χ1) is 16.6. The minimum absolute atomic E-state index is 0.0433. The highest BCUT2D eigenvalue weighted by molar-refractivity contribution is 5.94. The lowest BCUT2D eigenvalue weighted by molar-refractivity contribution is -0.120. The average molecular weight is 465 g/mol. The molecule has 34 heavy (non-hydrogen) atoms. The predicted molar refractivity (Wildman–Crippen MR) is 128 cm³/mol. The molecule has 0 spiro atoms. The van der Waals surface area contributed by atoms with Gasteiger partial charge in [0.1, 0.15) is 23.0 Å². The van der Waals surface area contributed by atoms with Crippen LogP contribution < -0.4 is 29.2 Å². The SMILES string of the molecule is COc1cccc(Oc2nccnc2N2CCC(C(=O)Nc3cc(OC)ccc3OC)CC2)c1. The van der Waals surface area contributed by atoms with Crippen molar-refractivity contribution in [1.29, 1.82) is 0 Å². The smallest absolute Gasteiger partial charge is 0.263 e. The number of methoxy groups -OCH3 is 3. The van der Waals surface area contributed by atoms with E-state index in [2.05, 4.69) is 20.2 Å². The highest BCUT2D eigenvalue weighted by atomic mass is 16.5. The Kier molecular flexibility index (Phi) is 7.31. The van der Waals surface area contributed by atoms with Gasteiger partial charge >= 0.3 is 0 Å². The molecule has 0 aliphatic carbocycles. The molecule has 178 valence electrons. The number of anilines is 2. The number of benzene rings is 2. The molecule has 0 unspecified atom stereocenters. The molecule has 1 amide bonds. The lowest BCUT2D eigenvalue weighted by atomic mass is 9.95. The van der Waals surface area contributed by atoms with E-state index < -0.39 is 0 Å². The van der Waals surface area contributed by atoms with Crippen molar-refractivity contribution in [2.45, 2.75) is 12.8 Å². The van der Waals surface area contributed by atoms with Crippen molar-refractivity contribution in [2.75, 3.05) is 44.6 Å². The van der Waals surface area contributed by atoms with E-state index in [0.717, 1.165) is 0 Å². The lowest BCUT2D eigenvalue weighted by Gasteiger charge is -2.32. The van der Waals surface area contributed by atoms with Crippen LogP contribution in [0.1, 0.15) is 12.8 Å². The van der Waals surface area contributed by atoms with Gasteiger partial charge in [-0.05, 0) is 37.1 Å². The number of hydrogen-bond acceptors (Lipinski definition) is 8. The number of hydrogen-bond donors (Lipinski definition) is 1. The summed E-state index contributed by atoms with van der Waals surface area (Å²) in [6.07, 6.45) is 4.59. The zero-order valence-electron chi connectivity index (χ0n) is 19.5. The van der Waals surface area contributed by atoms with Crippen LogP contribution in [0.4, 0.5) is 11.5 Å². The van der Waals surface area contributed by atoms with Gasteiger partial charge in [-0.25, -0.2) is 9.97 Å². The fourth-order valence-corrected chi connectivity index (χ4v) is 3.88. The summed E-state index contributed by atoms with van der Waals surface area (Å²) in [5.74, 6) is 3.44. The summed E-state index contributed by atoms with van der Waals surface area (Å²) in [6, 6.07) is 12.7. The van der Waals surface area contributed by atoms with Crippen LogP contribution in [0.25, 0.3) is 0 Å². The van der Waals surface area contributed by atoms with Crippen molar-refractivity contribution in [3.63, 3.8) is 0 Å². The Bertz CT molecular complexity index is 1130. The van der Waals surface area contributed by atoms with Gasteiger partial charge in [0.25, 0.3) is 5.88 Å². The monoisotopic (exact) mass is 464 g/mol. The Morgan fingerprint density at radius 3 is 2.35 bits per heavy atom. The molecule has 1 aliphatic heterocycles. The highest BCUT2D eigenvalue weighted by Crippen LogP contribution is 2.33. The number of nitrogens with zero attached hydrogens (tertiary/aromatic N) is 3. The normalized spacial score (nSPS) is 13.8. The number of piperidine rings is 1. The van der Waals surface area contributed by atoms with Gasteiger partial charge in [0.2, 0.25) is 5.91 Å². The van der Waals surface area contributed by atoms with E-state index in [4.69, 9.17) is 18.9 Å². The number of carbonyl (C=O) groups excluding carboxylic acids is 1. The van der Waals surface area contributed by atoms with Crippen LogP contribution in [0, 0.1) is 5.92 Å². The summed E-state index contributed by atoms with van der Waals surface area (Å²) in [5, 5.41) is 2.99. The zero-order chi connectivity index (χ0) is 23.9. The standard InChI is InChI=1S/C25H28N4O5/c1-31-18-5-4-6-20(15-18)34-25-23(26-11-12-27-25)29-13-9-17(10-14-29)24(30)28-21-16-19(32-2)7-8-22(21)33-3/h4-8,11-12,15-17H,9-10,13-14H2,1-3H3,(H,28,30). The molecule has 9 nitrogen and oxygen atoms in total. The topological polar surface area (TPSA) is 95.0 Å². The molecular formula is C25H28N4O5. The number of ether oxygens (including phenoxy) is 4. The second-order valence-electron chi connectivity index (χ2n) is 7.78. The molecule has 1 aliphatic rings. The number of amides is 1. The van der Waals surface area contributed by atoms with Gasteiger partial charge < -0.3 is 29.2 Å². The number of nitrogens with one attached hydrogen (secondary N) is 1. The Hall–Kier alpha value is -4.01. The van der Waals surface area contributed by atoms with Gasteiger partial charge in [-0.1, -0.05) is 6.07 Å². The average Bonchev–Trinajstić information content (AvgIpc) is 2.89. The van der Waals surface area contributed by atoms with Gasteiger partial charge in [0.05, 0.1) is 27.0 Å². The summed E-state index contributed by atoms with van der Waals surface area (Å²) in [4.78, 5) is 23.9. The maximum Gasteiger partial charge on any atom is 0.263 e. The molecule has 1 saturated heterocycles. The van der Waals surface area contributed by atoms with Gasteiger partial charge in [0.15, 0.2) is 5.82 Å². The van der Waals surface area contributed by atoms with Crippen LogP contribution in [0.5, 0.6) is 28.9 Å². The molecular weight excluding hydrogens is 436 g/mol. The molecule has 4 rings (SSSR count). The Morgan fingerprint density at radius 1 is 0.912 bits per heavy atom. The van der Waals surface area contributed by atoms with Crippen molar-refractivity contribution in [2.24, 2.45) is 5.92 Å². The van der Waals surface area contributed by atoms with E-state index in [1.807, 2.05) is 18.2 Å². The van der Waals surface area contributed by atoms with Crippen LogP contribution in [0.15, 0.2) is 54.9 Å². The Labute approximate surface area is 198 Å². The Balaban J connectivity index is 1.41. The molecule has 2 heterocycles. The molecule has 0 atom stereocenters. The first kappa shape index (κ1) is 23.2. The van der Waals surface area contributed by atoms with Gasteiger partial charge in [-0.2, -0.15) is 0 Å². The second kappa shape index (κ2) is 10.7. The number of carbonyl (C=O) groups is 1. The third-order valence-corrected chi connectivity index (χ3v) is 5.73. The van der Waals surface area contributed by atoms with E-state index in [-0.39, 0.29) is 11.8 Å². The van der Waals surface area contributed by atoms with Crippen molar-refractivity contribution in [3.05, 3.63) is 54.9 Å². The van der Waals surface area contributed by atoms with Gasteiger partial charge in [-0.15, -0.1) is 0 Å². The van der Waals surface area contributed by atoms with Crippen LogP contribution in [-0.4, -0.2) is 50.3 Å². The summed E-state index contributed by atoms with van der Waals surface area (Å²) in [7, 11) is 4.77. The quantitative estimate of drug-likeness (QED) is 0.531. The van der Waals surface area contributed by atoms with Gasteiger partial charge in [-0.3, -0.25) is 4.79 Å². The number of aromatic nitrogens is 2. The minimum atomic E-state index is -0.133. The van der Waals surface area contributed by atoms with Crippen molar-refractivity contribution in [1.82, 2.24) is 9.97 Å². The van der Waals surface area contributed by atoms with Gasteiger partial charge in [0, 0.05) is 43.5 Å². The van der Waals surface area contributed by atoms with Crippen LogP contribution in [0.2, 0.25) is 0 Å². The second-order valence-corrected chi connectivity index (χ2v) is 7.78. The molecule has 1 aromatic heterocycles. The summed E-state index contributed by atoms with van der Waals surface area (Å²) >= 11 is 0.